The summed E-state index contributed by atoms with van der Waals surface area (Å²) in [6, 6.07) is 6.34. The molecule has 0 bridgehead atoms. The maximum Gasteiger partial charge on any atom is 0.243 e. The Balaban J connectivity index is 0.00000450. The zero-order valence-corrected chi connectivity index (χ0v) is 22.7. The number of unbranched alkanes of at least 4 members (excludes halogenated alkanes) is 9. The molecule has 1 heterocycles. The average molecular weight is 631 g/mol. The Hall–Kier alpha value is 0.297. The number of sulfonamides is 1. The minimum atomic E-state index is -3.68. The Morgan fingerprint density at radius 3 is 1.94 bits per heavy atom. The molecule has 0 aromatic heterocycles. The van der Waals surface area contributed by atoms with E-state index in [9.17, 15) is 18.6 Å². The minimum Gasteiger partial charge on any atom is -0.367 e. The quantitative estimate of drug-likeness (QED) is 0.179. The molecule has 0 amide bonds. The third-order valence-electron chi connectivity index (χ3n) is 5.94. The summed E-state index contributed by atoms with van der Waals surface area (Å²) in [4.78, 5) is 0.233. The predicted octanol–water partition coefficient (Wildman–Crippen LogP) is 4.61. The fraction of sp³-hybridized carbons (Fsp3) is 0.739. The van der Waals surface area contributed by atoms with Crippen molar-refractivity contribution >= 4 is 10.0 Å². The van der Waals surface area contributed by atoms with Crippen LogP contribution in [-0.4, -0.2) is 41.8 Å². The van der Waals surface area contributed by atoms with E-state index in [0.717, 1.165) is 18.4 Å². The number of hydrogen-bond acceptors (Lipinski definition) is 4. The molecule has 1 aliphatic heterocycles. The van der Waals surface area contributed by atoms with Crippen LogP contribution < -0.4 is 0 Å². The first-order valence-corrected chi connectivity index (χ1v) is 12.9. The normalized spacial score (nSPS) is 16.8. The van der Waals surface area contributed by atoms with Gasteiger partial charge in [-0.2, -0.15) is 4.31 Å². The molecule has 2 radical (unpaired) electrons. The fourth-order valence-corrected chi connectivity index (χ4v) is 5.83. The van der Waals surface area contributed by atoms with Gasteiger partial charge in [0.25, 0.3) is 0 Å². The van der Waals surface area contributed by atoms with Gasteiger partial charge in [0.1, 0.15) is 0 Å². The molecule has 2 rings (SSSR count). The SMILES string of the molecule is CCCCCCCCCCCCc1ccc(S(=O)(=O)N2CCC[C@@H]2C(O)O)cc1.[Rh].[Rh]. The van der Waals surface area contributed by atoms with E-state index in [-0.39, 0.29) is 43.9 Å². The van der Waals surface area contributed by atoms with E-state index < -0.39 is 22.4 Å². The topological polar surface area (TPSA) is 77.8 Å². The summed E-state index contributed by atoms with van der Waals surface area (Å²) in [6.45, 7) is 2.59. The number of aliphatic hydroxyl groups is 2. The number of rotatable bonds is 14. The number of aliphatic hydroxyl groups excluding tert-OH is 1. The van der Waals surface area contributed by atoms with Crippen molar-refractivity contribution in [2.45, 2.75) is 108 Å². The van der Waals surface area contributed by atoms with Gasteiger partial charge in [0.2, 0.25) is 10.0 Å². The Labute approximate surface area is 215 Å². The summed E-state index contributed by atoms with van der Waals surface area (Å²) in [7, 11) is -3.68. The maximum atomic E-state index is 12.8. The smallest absolute Gasteiger partial charge is 0.243 e. The van der Waals surface area contributed by atoms with Crippen LogP contribution in [0.2, 0.25) is 0 Å². The number of benzene rings is 1. The maximum absolute atomic E-state index is 12.8. The molecule has 1 aliphatic rings. The molecule has 0 saturated carbocycles. The van der Waals surface area contributed by atoms with Gasteiger partial charge in [-0.25, -0.2) is 8.42 Å². The van der Waals surface area contributed by atoms with Crippen LogP contribution in [-0.2, 0) is 55.4 Å². The van der Waals surface area contributed by atoms with Crippen LogP contribution in [0.25, 0.3) is 0 Å². The molecule has 1 fully saturated rings. The van der Waals surface area contributed by atoms with Crippen molar-refractivity contribution in [3.05, 3.63) is 29.8 Å². The van der Waals surface area contributed by atoms with Crippen molar-refractivity contribution in [3.63, 3.8) is 0 Å². The second-order valence-corrected chi connectivity index (χ2v) is 10.2. The first-order chi connectivity index (χ1) is 14.0. The van der Waals surface area contributed by atoms with E-state index in [1.54, 1.807) is 12.1 Å². The molecule has 5 nitrogen and oxygen atoms in total. The van der Waals surface area contributed by atoms with Gasteiger partial charge in [0.05, 0.1) is 10.9 Å². The number of hydrogen-bond donors (Lipinski definition) is 2. The second kappa shape index (κ2) is 16.8. The van der Waals surface area contributed by atoms with Gasteiger partial charge in [0, 0.05) is 45.5 Å². The summed E-state index contributed by atoms with van der Waals surface area (Å²) in [5.41, 5.74) is 1.16. The molecule has 31 heavy (non-hydrogen) atoms. The van der Waals surface area contributed by atoms with Crippen LogP contribution in [0, 0.1) is 0 Å². The van der Waals surface area contributed by atoms with Gasteiger partial charge in [-0.05, 0) is 43.4 Å². The van der Waals surface area contributed by atoms with Crippen molar-refractivity contribution in [1.82, 2.24) is 4.31 Å². The molecule has 184 valence electrons. The molecule has 8 heteroatoms. The van der Waals surface area contributed by atoms with Crippen LogP contribution in [0.1, 0.15) is 89.5 Å². The summed E-state index contributed by atoms with van der Waals surface area (Å²) >= 11 is 0. The standard InChI is InChI=1S/C23H39NO4S.2Rh/c1-2-3-4-5-6-7-8-9-10-11-13-20-15-17-21(18-16-20)29(27,28)24-19-12-14-22(24)23(25)26;;/h15-18,22-23,25-26H,2-14,19H2,1H3;;/t22-;;/m1../s1. The van der Waals surface area contributed by atoms with E-state index >= 15 is 0 Å². The van der Waals surface area contributed by atoms with Gasteiger partial charge < -0.3 is 10.2 Å². The zero-order valence-electron chi connectivity index (χ0n) is 18.6. The molecule has 0 unspecified atom stereocenters. The van der Waals surface area contributed by atoms with Gasteiger partial charge in [0.15, 0.2) is 6.29 Å². The Kier molecular flexibility index (Phi) is 17.0. The van der Waals surface area contributed by atoms with Crippen LogP contribution in [0.15, 0.2) is 29.2 Å². The van der Waals surface area contributed by atoms with E-state index in [2.05, 4.69) is 6.92 Å². The summed E-state index contributed by atoms with van der Waals surface area (Å²) in [5, 5.41) is 18.9. The van der Waals surface area contributed by atoms with Gasteiger partial charge in [-0.3, -0.25) is 0 Å². The third kappa shape index (κ3) is 10.4. The van der Waals surface area contributed by atoms with Crippen LogP contribution in [0.3, 0.4) is 0 Å². The first-order valence-electron chi connectivity index (χ1n) is 11.4. The van der Waals surface area contributed by atoms with Crippen molar-refractivity contribution in [3.8, 4) is 0 Å². The van der Waals surface area contributed by atoms with E-state index in [1.807, 2.05) is 12.1 Å². The van der Waals surface area contributed by atoms with E-state index in [0.29, 0.717) is 19.4 Å². The van der Waals surface area contributed by atoms with Gasteiger partial charge >= 0.3 is 0 Å². The Morgan fingerprint density at radius 1 is 0.903 bits per heavy atom. The molecule has 0 spiro atoms. The van der Waals surface area contributed by atoms with Crippen molar-refractivity contribution in [2.75, 3.05) is 6.54 Å². The monoisotopic (exact) mass is 631 g/mol. The van der Waals surface area contributed by atoms with Crippen molar-refractivity contribution < 1.29 is 57.6 Å². The largest absolute Gasteiger partial charge is 0.367 e. The summed E-state index contributed by atoms with van der Waals surface area (Å²) in [6.07, 6.45) is 13.5. The molecule has 0 aliphatic carbocycles. The minimum absolute atomic E-state index is 0. The van der Waals surface area contributed by atoms with Gasteiger partial charge in [-0.1, -0.05) is 76.8 Å². The number of aryl methyl sites for hydroxylation is 1. The molecular formula is C23H39NO4Rh2S. The summed E-state index contributed by atoms with van der Waals surface area (Å²) < 4.78 is 26.8. The van der Waals surface area contributed by atoms with Crippen molar-refractivity contribution in [2.24, 2.45) is 0 Å². The van der Waals surface area contributed by atoms with Crippen molar-refractivity contribution in [1.29, 1.82) is 0 Å². The fourth-order valence-electron chi connectivity index (χ4n) is 4.14. The Morgan fingerprint density at radius 2 is 1.42 bits per heavy atom. The molecule has 1 saturated heterocycles. The second-order valence-electron chi connectivity index (χ2n) is 8.31. The zero-order chi connectivity index (χ0) is 21.1. The molecule has 1 atom stereocenters. The molecule has 1 aromatic carbocycles. The third-order valence-corrected chi connectivity index (χ3v) is 7.88. The predicted molar refractivity (Wildman–Crippen MR) is 117 cm³/mol. The molecule has 1 aromatic rings. The average Bonchev–Trinajstić information content (AvgIpc) is 3.21. The molecular weight excluding hydrogens is 592 g/mol. The first kappa shape index (κ1) is 31.3. The van der Waals surface area contributed by atoms with Crippen LogP contribution in [0.4, 0.5) is 0 Å². The number of nitrogens with zero attached hydrogens (tertiary/aromatic N) is 1. The van der Waals surface area contributed by atoms with Gasteiger partial charge in [-0.15, -0.1) is 0 Å². The van der Waals surface area contributed by atoms with E-state index in [1.165, 1.54) is 62.1 Å². The van der Waals surface area contributed by atoms with Crippen LogP contribution in [0.5, 0.6) is 0 Å². The summed E-state index contributed by atoms with van der Waals surface area (Å²) in [5.74, 6) is 0. The Bertz CT molecular complexity index is 683. The molecule has 2 N–H and O–H groups in total. The van der Waals surface area contributed by atoms with Crippen LogP contribution >= 0.6 is 0 Å². The van der Waals surface area contributed by atoms with E-state index in [4.69, 9.17) is 0 Å².